The summed E-state index contributed by atoms with van der Waals surface area (Å²) in [6.45, 7) is 3.92. The first kappa shape index (κ1) is 23.2. The number of nitriles is 1. The molecule has 0 radical (unpaired) electrons. The van der Waals surface area contributed by atoms with Crippen molar-refractivity contribution in [2.45, 2.75) is 52.0 Å². The number of aryl methyl sites for hydroxylation is 2. The Balaban J connectivity index is 1.81. The van der Waals surface area contributed by atoms with E-state index in [1.165, 1.54) is 11.1 Å². The predicted molar refractivity (Wildman–Crippen MR) is 129 cm³/mol. The summed E-state index contributed by atoms with van der Waals surface area (Å²) in [5.41, 5.74) is 2.53. The number of amides is 1. The lowest BCUT2D eigenvalue weighted by molar-refractivity contribution is 0.0922. The Hall–Kier alpha value is -3.01. The third kappa shape index (κ3) is 5.16. The molecule has 1 aliphatic rings. The van der Waals surface area contributed by atoms with E-state index in [9.17, 15) is 10.1 Å². The first-order valence-electron chi connectivity index (χ1n) is 10.9. The summed E-state index contributed by atoms with van der Waals surface area (Å²) in [6.07, 6.45) is 5.16. The summed E-state index contributed by atoms with van der Waals surface area (Å²) in [4.78, 5) is 13.1. The lowest BCUT2D eigenvalue weighted by Crippen LogP contribution is -2.36. The second-order valence-electron chi connectivity index (χ2n) is 8.38. The molecule has 1 N–H and O–H groups in total. The fraction of sp³-hybridized carbons (Fsp3) is 0.320. The molecule has 8 heteroatoms. The number of hydrogen-bond donors (Lipinski definition) is 1. The minimum absolute atomic E-state index is 0.00784. The molecule has 33 heavy (non-hydrogen) atoms. The van der Waals surface area contributed by atoms with Crippen LogP contribution in [0.25, 0.3) is 5.69 Å². The molecule has 2 aromatic carbocycles. The van der Waals surface area contributed by atoms with Gasteiger partial charge in [-0.1, -0.05) is 48.5 Å². The average Bonchev–Trinajstić information content (AvgIpc) is 3.11. The largest absolute Gasteiger partial charge is 0.438 e. The molecule has 1 amide bonds. The second-order valence-corrected chi connectivity index (χ2v) is 9.23. The maximum atomic E-state index is 13.1. The van der Waals surface area contributed by atoms with Gasteiger partial charge in [0.25, 0.3) is 5.91 Å². The highest BCUT2D eigenvalue weighted by Gasteiger charge is 2.28. The van der Waals surface area contributed by atoms with E-state index < -0.39 is 5.91 Å². The van der Waals surface area contributed by atoms with Crippen LogP contribution >= 0.6 is 23.2 Å². The smallest absolute Gasteiger partial charge is 0.273 e. The number of benzene rings is 2. The highest BCUT2D eigenvalue weighted by Crippen LogP contribution is 2.34. The molecular formula is C25H24Cl2N4O2. The van der Waals surface area contributed by atoms with Gasteiger partial charge in [0.05, 0.1) is 10.7 Å². The van der Waals surface area contributed by atoms with Crippen molar-refractivity contribution in [2.75, 3.05) is 0 Å². The SMILES string of the molecule is Cc1cc(C)cc(Oc2c(C#N)c(C(=O)NC3CCCCC3)nn2-c2ccc(Cl)cc2Cl)c1. The molecule has 0 saturated heterocycles. The quantitative estimate of drug-likeness (QED) is 0.448. The van der Waals surface area contributed by atoms with Crippen LogP contribution in [0.3, 0.4) is 0 Å². The summed E-state index contributed by atoms with van der Waals surface area (Å²) < 4.78 is 7.55. The first-order valence-corrected chi connectivity index (χ1v) is 11.7. The zero-order valence-electron chi connectivity index (χ0n) is 18.5. The van der Waals surface area contributed by atoms with Crippen LogP contribution in [-0.4, -0.2) is 21.7 Å². The number of nitrogens with one attached hydrogen (secondary N) is 1. The number of hydrogen-bond acceptors (Lipinski definition) is 4. The van der Waals surface area contributed by atoms with E-state index in [0.717, 1.165) is 36.8 Å². The fourth-order valence-corrected chi connectivity index (χ4v) is 4.67. The molecule has 6 nitrogen and oxygen atoms in total. The van der Waals surface area contributed by atoms with Gasteiger partial charge in [-0.25, -0.2) is 0 Å². The number of aromatic nitrogens is 2. The summed E-state index contributed by atoms with van der Waals surface area (Å²) in [5, 5.41) is 18.3. The monoisotopic (exact) mass is 482 g/mol. The third-order valence-electron chi connectivity index (χ3n) is 5.66. The standard InChI is InChI=1S/C25H24Cl2N4O2/c1-15-10-16(2)12-19(11-15)33-25-20(14-28)23(24(32)29-18-6-4-3-5-7-18)30-31(25)22-9-8-17(26)13-21(22)27/h8-13,18H,3-7H2,1-2H3,(H,29,32). The summed E-state index contributed by atoms with van der Waals surface area (Å²) >= 11 is 12.5. The van der Waals surface area contributed by atoms with E-state index in [2.05, 4.69) is 16.5 Å². The molecule has 0 spiro atoms. The molecule has 1 heterocycles. The Morgan fingerprint density at radius 1 is 1.12 bits per heavy atom. The molecule has 0 atom stereocenters. The highest BCUT2D eigenvalue weighted by molar-refractivity contribution is 6.35. The van der Waals surface area contributed by atoms with E-state index in [-0.39, 0.29) is 23.2 Å². The lowest BCUT2D eigenvalue weighted by atomic mass is 9.95. The van der Waals surface area contributed by atoms with Crippen molar-refractivity contribution < 1.29 is 9.53 Å². The third-order valence-corrected chi connectivity index (χ3v) is 6.20. The van der Waals surface area contributed by atoms with Crippen LogP contribution in [0.1, 0.15) is 59.3 Å². The van der Waals surface area contributed by atoms with Gasteiger partial charge in [0.15, 0.2) is 5.69 Å². The van der Waals surface area contributed by atoms with Crippen molar-refractivity contribution in [3.8, 4) is 23.4 Å². The Kier molecular flexibility index (Phi) is 6.92. The minimum atomic E-state index is -0.396. The van der Waals surface area contributed by atoms with Crippen molar-refractivity contribution in [1.82, 2.24) is 15.1 Å². The Morgan fingerprint density at radius 2 is 1.82 bits per heavy atom. The summed E-state index contributed by atoms with van der Waals surface area (Å²) in [7, 11) is 0. The molecule has 170 valence electrons. The number of carbonyl (C=O) groups excluding carboxylic acids is 1. The molecule has 0 bridgehead atoms. The summed E-state index contributed by atoms with van der Waals surface area (Å²) in [5.74, 6) is 0.266. The van der Waals surface area contributed by atoms with E-state index in [0.29, 0.717) is 21.5 Å². The fourth-order valence-electron chi connectivity index (χ4n) is 4.18. The van der Waals surface area contributed by atoms with Crippen LogP contribution in [0.4, 0.5) is 0 Å². The van der Waals surface area contributed by atoms with Crippen molar-refractivity contribution in [3.63, 3.8) is 0 Å². The van der Waals surface area contributed by atoms with Gasteiger partial charge in [-0.2, -0.15) is 15.0 Å². The normalized spacial score (nSPS) is 14.0. The van der Waals surface area contributed by atoms with Gasteiger partial charge in [-0.15, -0.1) is 0 Å². The van der Waals surface area contributed by atoms with Gasteiger partial charge in [-0.3, -0.25) is 4.79 Å². The van der Waals surface area contributed by atoms with E-state index in [4.69, 9.17) is 27.9 Å². The molecule has 1 saturated carbocycles. The van der Waals surface area contributed by atoms with Gasteiger partial charge >= 0.3 is 0 Å². The van der Waals surface area contributed by atoms with Crippen LogP contribution in [0.15, 0.2) is 36.4 Å². The number of rotatable bonds is 5. The molecule has 4 rings (SSSR count). The Morgan fingerprint density at radius 3 is 2.45 bits per heavy atom. The molecule has 0 unspecified atom stereocenters. The predicted octanol–water partition coefficient (Wildman–Crippen LogP) is 6.52. The van der Waals surface area contributed by atoms with E-state index >= 15 is 0 Å². The van der Waals surface area contributed by atoms with Crippen molar-refractivity contribution in [2.24, 2.45) is 0 Å². The van der Waals surface area contributed by atoms with Gasteiger partial charge in [0.1, 0.15) is 17.4 Å². The number of ether oxygens (including phenoxy) is 1. The first-order chi connectivity index (χ1) is 15.9. The molecule has 1 fully saturated rings. The van der Waals surface area contributed by atoms with Crippen molar-refractivity contribution in [3.05, 3.63) is 68.8 Å². The molecule has 0 aliphatic heterocycles. The molecule has 3 aromatic rings. The summed E-state index contributed by atoms with van der Waals surface area (Å²) in [6, 6.07) is 12.8. The second kappa shape index (κ2) is 9.86. The van der Waals surface area contributed by atoms with E-state index in [1.54, 1.807) is 18.2 Å². The van der Waals surface area contributed by atoms with Crippen molar-refractivity contribution >= 4 is 29.1 Å². The number of halogens is 2. The van der Waals surface area contributed by atoms with Gasteiger partial charge in [-0.05, 0) is 68.1 Å². The number of nitrogens with zero attached hydrogens (tertiary/aromatic N) is 3. The molecule has 1 aromatic heterocycles. The maximum absolute atomic E-state index is 13.1. The Bertz CT molecular complexity index is 1220. The van der Waals surface area contributed by atoms with Crippen LogP contribution in [0.5, 0.6) is 11.6 Å². The van der Waals surface area contributed by atoms with Crippen LogP contribution < -0.4 is 10.1 Å². The zero-order chi connectivity index (χ0) is 23.5. The van der Waals surface area contributed by atoms with Gasteiger partial charge in [0.2, 0.25) is 5.88 Å². The Labute approximate surface area is 203 Å². The van der Waals surface area contributed by atoms with E-state index in [1.807, 2.05) is 32.0 Å². The van der Waals surface area contributed by atoms with Gasteiger partial charge in [0, 0.05) is 11.1 Å². The highest BCUT2D eigenvalue weighted by atomic mass is 35.5. The zero-order valence-corrected chi connectivity index (χ0v) is 20.0. The molecule has 1 aliphatic carbocycles. The minimum Gasteiger partial charge on any atom is -0.438 e. The maximum Gasteiger partial charge on any atom is 0.273 e. The van der Waals surface area contributed by atoms with Crippen LogP contribution in [0, 0.1) is 25.2 Å². The molecular weight excluding hydrogens is 459 g/mol. The lowest BCUT2D eigenvalue weighted by Gasteiger charge is -2.22. The average molecular weight is 483 g/mol. The number of carbonyl (C=O) groups is 1. The van der Waals surface area contributed by atoms with Crippen LogP contribution in [-0.2, 0) is 0 Å². The topological polar surface area (TPSA) is 79.9 Å². The van der Waals surface area contributed by atoms with Crippen LogP contribution in [0.2, 0.25) is 10.0 Å². The van der Waals surface area contributed by atoms with Gasteiger partial charge < -0.3 is 10.1 Å². The van der Waals surface area contributed by atoms with Crippen molar-refractivity contribution in [1.29, 1.82) is 5.26 Å².